The summed E-state index contributed by atoms with van der Waals surface area (Å²) in [6, 6.07) is -1.78. The Morgan fingerprint density at radius 2 is 1.84 bits per heavy atom. The van der Waals surface area contributed by atoms with Gasteiger partial charge in [0.2, 0.25) is 5.91 Å². The molecule has 0 aromatic rings. The number of aliphatic hydroxyl groups excluding tert-OH is 1. The maximum Gasteiger partial charge on any atom is 0.329 e. The van der Waals surface area contributed by atoms with E-state index < -0.39 is 36.2 Å². The Kier molecular flexibility index (Phi) is 7.00. The van der Waals surface area contributed by atoms with E-state index in [1.165, 1.54) is 0 Å². The van der Waals surface area contributed by atoms with Gasteiger partial charge in [-0.3, -0.25) is 4.79 Å². The molecule has 0 fully saturated rings. The molecule has 6 heteroatoms. The zero-order valence-electron chi connectivity index (χ0n) is 12.4. The van der Waals surface area contributed by atoms with E-state index in [1.54, 1.807) is 20.8 Å². The van der Waals surface area contributed by atoms with Crippen molar-refractivity contribution in [3.05, 3.63) is 0 Å². The lowest BCUT2D eigenvalue weighted by molar-refractivity contribution is -0.159. The van der Waals surface area contributed by atoms with E-state index in [2.05, 4.69) is 5.32 Å². The number of nitrogens with one attached hydrogen (secondary N) is 1. The van der Waals surface area contributed by atoms with Gasteiger partial charge in [-0.05, 0) is 33.1 Å². The summed E-state index contributed by atoms with van der Waals surface area (Å²) in [6.07, 6.45) is 0.457. The number of esters is 1. The van der Waals surface area contributed by atoms with Crippen LogP contribution in [0.15, 0.2) is 0 Å². The number of rotatable bonds is 6. The number of carbonyl (C=O) groups is 2. The maximum absolute atomic E-state index is 12.0. The minimum Gasteiger partial charge on any atom is -0.458 e. The van der Waals surface area contributed by atoms with E-state index in [0.717, 1.165) is 0 Å². The van der Waals surface area contributed by atoms with Crippen molar-refractivity contribution in [3.63, 3.8) is 0 Å². The summed E-state index contributed by atoms with van der Waals surface area (Å²) in [6.45, 7) is 8.70. The van der Waals surface area contributed by atoms with Gasteiger partial charge in [0, 0.05) is 0 Å². The van der Waals surface area contributed by atoms with Gasteiger partial charge in [0.05, 0.1) is 6.61 Å². The second-order valence-electron chi connectivity index (χ2n) is 6.01. The molecule has 2 unspecified atom stereocenters. The average Bonchev–Trinajstić information content (AvgIpc) is 2.23. The molecule has 1 amide bonds. The second kappa shape index (κ2) is 7.45. The van der Waals surface area contributed by atoms with Gasteiger partial charge in [-0.25, -0.2) is 4.79 Å². The lowest BCUT2D eigenvalue weighted by atomic mass is 10.0. The smallest absolute Gasteiger partial charge is 0.329 e. The highest BCUT2D eigenvalue weighted by molar-refractivity contribution is 5.87. The van der Waals surface area contributed by atoms with Crippen molar-refractivity contribution in [3.8, 4) is 0 Å². The van der Waals surface area contributed by atoms with E-state index in [1.807, 2.05) is 13.8 Å². The van der Waals surface area contributed by atoms with Crippen LogP contribution >= 0.6 is 0 Å². The van der Waals surface area contributed by atoms with Crippen LogP contribution in [0.2, 0.25) is 0 Å². The molecule has 0 saturated heterocycles. The van der Waals surface area contributed by atoms with Crippen LogP contribution in [-0.2, 0) is 14.3 Å². The quantitative estimate of drug-likeness (QED) is 0.600. The molecule has 6 nitrogen and oxygen atoms in total. The fourth-order valence-corrected chi connectivity index (χ4v) is 1.42. The summed E-state index contributed by atoms with van der Waals surface area (Å²) in [5, 5.41) is 11.3. The Bertz CT molecular complexity index is 310. The van der Waals surface area contributed by atoms with Crippen LogP contribution in [0.5, 0.6) is 0 Å². The Hall–Kier alpha value is -1.14. The SMILES string of the molecule is CC(C)CC(NC(=O)C(N)CO)C(=O)OC(C)(C)C. The molecule has 0 aliphatic heterocycles. The zero-order valence-corrected chi connectivity index (χ0v) is 12.4. The molecule has 0 aliphatic carbocycles. The summed E-state index contributed by atoms with van der Waals surface area (Å²) < 4.78 is 5.26. The molecule has 0 aromatic carbocycles. The predicted octanol–water partition coefficient (Wildman–Crippen LogP) is 0.179. The summed E-state index contributed by atoms with van der Waals surface area (Å²) in [4.78, 5) is 23.6. The number of carbonyl (C=O) groups excluding carboxylic acids is 2. The van der Waals surface area contributed by atoms with Gasteiger partial charge < -0.3 is 20.9 Å². The van der Waals surface area contributed by atoms with Gasteiger partial charge in [0.25, 0.3) is 0 Å². The largest absolute Gasteiger partial charge is 0.458 e. The minimum atomic E-state index is -1.03. The molecule has 0 spiro atoms. The summed E-state index contributed by atoms with van der Waals surface area (Å²) in [5.41, 5.74) is 4.79. The average molecular weight is 274 g/mol. The highest BCUT2D eigenvalue weighted by atomic mass is 16.6. The van der Waals surface area contributed by atoms with Gasteiger partial charge in [-0.15, -0.1) is 0 Å². The first-order chi connectivity index (χ1) is 8.56. The number of amides is 1. The van der Waals surface area contributed by atoms with Crippen molar-refractivity contribution in [2.75, 3.05) is 6.61 Å². The highest BCUT2D eigenvalue weighted by Crippen LogP contribution is 2.12. The van der Waals surface area contributed by atoms with Crippen molar-refractivity contribution >= 4 is 11.9 Å². The summed E-state index contributed by atoms with van der Waals surface area (Å²) in [7, 11) is 0. The number of aliphatic hydroxyl groups is 1. The molecule has 0 saturated carbocycles. The van der Waals surface area contributed by atoms with E-state index in [9.17, 15) is 9.59 Å². The number of nitrogens with two attached hydrogens (primary N) is 1. The Morgan fingerprint density at radius 3 is 2.21 bits per heavy atom. The van der Waals surface area contributed by atoms with E-state index in [4.69, 9.17) is 15.6 Å². The molecule has 19 heavy (non-hydrogen) atoms. The first kappa shape index (κ1) is 17.9. The van der Waals surface area contributed by atoms with Gasteiger partial charge in [0.1, 0.15) is 17.7 Å². The third kappa shape index (κ3) is 7.79. The molecule has 0 rings (SSSR count). The molecule has 2 atom stereocenters. The van der Waals surface area contributed by atoms with Crippen LogP contribution in [0.3, 0.4) is 0 Å². The third-order valence-corrected chi connectivity index (χ3v) is 2.25. The molecule has 0 heterocycles. The highest BCUT2D eigenvalue weighted by Gasteiger charge is 2.28. The number of hydrogen-bond donors (Lipinski definition) is 3. The molecular weight excluding hydrogens is 248 g/mol. The van der Waals surface area contributed by atoms with Crippen LogP contribution in [0.4, 0.5) is 0 Å². The van der Waals surface area contributed by atoms with Gasteiger partial charge in [-0.2, -0.15) is 0 Å². The van der Waals surface area contributed by atoms with E-state index in [-0.39, 0.29) is 5.92 Å². The second-order valence-corrected chi connectivity index (χ2v) is 6.01. The van der Waals surface area contributed by atoms with Crippen LogP contribution in [0.1, 0.15) is 41.0 Å². The molecule has 0 aliphatic rings. The Labute approximate surface area is 114 Å². The fourth-order valence-electron chi connectivity index (χ4n) is 1.42. The Morgan fingerprint density at radius 1 is 1.32 bits per heavy atom. The topological polar surface area (TPSA) is 102 Å². The maximum atomic E-state index is 12.0. The first-order valence-corrected chi connectivity index (χ1v) is 6.46. The Balaban J connectivity index is 4.72. The van der Waals surface area contributed by atoms with Crippen molar-refractivity contribution in [2.24, 2.45) is 11.7 Å². The van der Waals surface area contributed by atoms with Gasteiger partial charge in [0.15, 0.2) is 0 Å². The minimum absolute atomic E-state index is 0.211. The van der Waals surface area contributed by atoms with Crippen molar-refractivity contribution < 1.29 is 19.4 Å². The first-order valence-electron chi connectivity index (χ1n) is 6.46. The van der Waals surface area contributed by atoms with Crippen LogP contribution < -0.4 is 11.1 Å². The third-order valence-electron chi connectivity index (χ3n) is 2.25. The van der Waals surface area contributed by atoms with E-state index in [0.29, 0.717) is 6.42 Å². The molecule has 4 N–H and O–H groups in total. The normalized spacial score (nSPS) is 14.9. The fraction of sp³-hybridized carbons (Fsp3) is 0.846. The number of hydrogen-bond acceptors (Lipinski definition) is 5. The summed E-state index contributed by atoms with van der Waals surface area (Å²) >= 11 is 0. The standard InChI is InChI=1S/C13H26N2O4/c1-8(2)6-10(12(18)19-13(3,4)5)15-11(17)9(14)7-16/h8-10,16H,6-7,14H2,1-5H3,(H,15,17). The summed E-state index contributed by atoms with van der Waals surface area (Å²) in [5.74, 6) is -0.832. The molecule has 0 radical (unpaired) electrons. The van der Waals surface area contributed by atoms with Crippen LogP contribution in [-0.4, -0.2) is 41.3 Å². The zero-order chi connectivity index (χ0) is 15.2. The monoisotopic (exact) mass is 274 g/mol. The van der Waals surface area contributed by atoms with Crippen molar-refractivity contribution in [1.29, 1.82) is 0 Å². The molecule has 0 bridgehead atoms. The molecule has 112 valence electrons. The van der Waals surface area contributed by atoms with Crippen molar-refractivity contribution in [2.45, 2.75) is 58.7 Å². The van der Waals surface area contributed by atoms with E-state index >= 15 is 0 Å². The lowest BCUT2D eigenvalue weighted by Crippen LogP contribution is -2.51. The number of ether oxygens (including phenoxy) is 1. The predicted molar refractivity (Wildman–Crippen MR) is 72.3 cm³/mol. The van der Waals surface area contributed by atoms with Gasteiger partial charge in [-0.1, -0.05) is 13.8 Å². The molecular formula is C13H26N2O4. The van der Waals surface area contributed by atoms with Gasteiger partial charge >= 0.3 is 5.97 Å². The molecule has 0 aromatic heterocycles. The van der Waals surface area contributed by atoms with Crippen LogP contribution in [0, 0.1) is 5.92 Å². The lowest BCUT2D eigenvalue weighted by Gasteiger charge is -2.26. The van der Waals surface area contributed by atoms with Crippen LogP contribution in [0.25, 0.3) is 0 Å². The van der Waals surface area contributed by atoms with Crippen molar-refractivity contribution in [1.82, 2.24) is 5.32 Å².